The van der Waals surface area contributed by atoms with E-state index in [1.165, 1.54) is 12.3 Å². The van der Waals surface area contributed by atoms with Gasteiger partial charge in [-0.3, -0.25) is 9.78 Å². The second-order valence-electron chi connectivity index (χ2n) is 3.15. The van der Waals surface area contributed by atoms with E-state index in [0.717, 1.165) is 12.8 Å². The summed E-state index contributed by atoms with van der Waals surface area (Å²) in [6.07, 6.45) is 3.45. The minimum Gasteiger partial charge on any atom is -0.351 e. The third kappa shape index (κ3) is 3.39. The van der Waals surface area contributed by atoms with E-state index in [2.05, 4.69) is 17.2 Å². The molecule has 1 aromatic rings. The number of nitrogens with one attached hydrogen (secondary N) is 1. The van der Waals surface area contributed by atoms with Crippen molar-refractivity contribution in [3.8, 4) is 6.07 Å². The Kier molecular flexibility index (Phi) is 4.30. The molecule has 4 heteroatoms. The summed E-state index contributed by atoms with van der Waals surface area (Å²) >= 11 is 0. The van der Waals surface area contributed by atoms with E-state index in [0.29, 0.717) is 17.8 Å². The van der Waals surface area contributed by atoms with Gasteiger partial charge in [0.2, 0.25) is 0 Å². The quantitative estimate of drug-likeness (QED) is 0.754. The maximum Gasteiger partial charge on any atom is 0.269 e. The Morgan fingerprint density at radius 2 is 2.47 bits per heavy atom. The van der Waals surface area contributed by atoms with E-state index in [1.807, 2.05) is 6.07 Å². The summed E-state index contributed by atoms with van der Waals surface area (Å²) in [5, 5.41) is 11.4. The van der Waals surface area contributed by atoms with Gasteiger partial charge in [-0.2, -0.15) is 5.26 Å². The molecule has 1 rings (SSSR count). The van der Waals surface area contributed by atoms with Gasteiger partial charge in [-0.05, 0) is 18.6 Å². The highest BCUT2D eigenvalue weighted by Crippen LogP contribution is 2.00. The minimum atomic E-state index is -0.222. The van der Waals surface area contributed by atoms with Crippen molar-refractivity contribution in [1.29, 1.82) is 5.26 Å². The fraction of sp³-hybridized carbons (Fsp3) is 0.364. The van der Waals surface area contributed by atoms with E-state index in [4.69, 9.17) is 5.26 Å². The Labute approximate surface area is 88.9 Å². The third-order valence-corrected chi connectivity index (χ3v) is 1.94. The molecule has 0 radical (unpaired) electrons. The number of nitrogens with zero attached hydrogens (tertiary/aromatic N) is 2. The third-order valence-electron chi connectivity index (χ3n) is 1.94. The molecule has 0 saturated carbocycles. The summed E-state index contributed by atoms with van der Waals surface area (Å²) in [6.45, 7) is 2.70. The molecule has 0 aliphatic carbocycles. The van der Waals surface area contributed by atoms with Crippen LogP contribution in [0.25, 0.3) is 0 Å². The van der Waals surface area contributed by atoms with Crippen molar-refractivity contribution < 1.29 is 4.79 Å². The molecular weight excluding hydrogens is 190 g/mol. The summed E-state index contributed by atoms with van der Waals surface area (Å²) in [4.78, 5) is 15.4. The summed E-state index contributed by atoms with van der Waals surface area (Å²) in [5.74, 6) is -0.222. The van der Waals surface area contributed by atoms with Gasteiger partial charge < -0.3 is 5.32 Å². The first-order chi connectivity index (χ1) is 7.27. The van der Waals surface area contributed by atoms with E-state index in [9.17, 15) is 4.79 Å². The molecule has 0 aliphatic rings. The Morgan fingerprint density at radius 1 is 1.67 bits per heavy atom. The number of pyridine rings is 1. The van der Waals surface area contributed by atoms with Crippen molar-refractivity contribution in [2.24, 2.45) is 0 Å². The van der Waals surface area contributed by atoms with Crippen LogP contribution >= 0.6 is 0 Å². The van der Waals surface area contributed by atoms with Gasteiger partial charge in [-0.1, -0.05) is 13.3 Å². The lowest BCUT2D eigenvalue weighted by atomic mass is 10.2. The normalized spacial score (nSPS) is 9.33. The summed E-state index contributed by atoms with van der Waals surface area (Å²) in [7, 11) is 0. The molecular formula is C11H13N3O. The Balaban J connectivity index is 2.62. The van der Waals surface area contributed by atoms with Gasteiger partial charge in [0.15, 0.2) is 0 Å². The van der Waals surface area contributed by atoms with Crippen LogP contribution in [0.15, 0.2) is 18.3 Å². The van der Waals surface area contributed by atoms with Crippen molar-refractivity contribution in [2.75, 3.05) is 6.54 Å². The van der Waals surface area contributed by atoms with Crippen molar-refractivity contribution in [3.05, 3.63) is 29.6 Å². The molecule has 1 aromatic heterocycles. The zero-order valence-corrected chi connectivity index (χ0v) is 8.66. The highest BCUT2D eigenvalue weighted by atomic mass is 16.1. The lowest BCUT2D eigenvalue weighted by molar-refractivity contribution is 0.0948. The summed E-state index contributed by atoms with van der Waals surface area (Å²) < 4.78 is 0. The lowest BCUT2D eigenvalue weighted by Crippen LogP contribution is -2.25. The average molecular weight is 203 g/mol. The second-order valence-corrected chi connectivity index (χ2v) is 3.15. The van der Waals surface area contributed by atoms with Crippen LogP contribution in [0.1, 0.15) is 35.8 Å². The molecule has 0 atom stereocenters. The second kappa shape index (κ2) is 5.76. The van der Waals surface area contributed by atoms with Gasteiger partial charge in [0.1, 0.15) is 5.69 Å². The molecule has 1 heterocycles. The van der Waals surface area contributed by atoms with E-state index < -0.39 is 0 Å². The van der Waals surface area contributed by atoms with Crippen LogP contribution in [0.4, 0.5) is 0 Å². The zero-order chi connectivity index (χ0) is 11.1. The Bertz CT molecular complexity index is 382. The number of hydrogen-bond donors (Lipinski definition) is 1. The van der Waals surface area contributed by atoms with Gasteiger partial charge in [0.25, 0.3) is 5.91 Å². The number of aromatic nitrogens is 1. The number of carbonyl (C=O) groups is 1. The number of carbonyl (C=O) groups excluding carboxylic acids is 1. The molecule has 15 heavy (non-hydrogen) atoms. The number of amides is 1. The topological polar surface area (TPSA) is 65.8 Å². The van der Waals surface area contributed by atoms with Crippen molar-refractivity contribution in [1.82, 2.24) is 10.3 Å². The lowest BCUT2D eigenvalue weighted by Gasteiger charge is -2.02. The highest BCUT2D eigenvalue weighted by Gasteiger charge is 2.06. The van der Waals surface area contributed by atoms with E-state index in [-0.39, 0.29) is 5.91 Å². The number of nitriles is 1. The minimum absolute atomic E-state index is 0.222. The van der Waals surface area contributed by atoms with Gasteiger partial charge in [0, 0.05) is 12.7 Å². The smallest absolute Gasteiger partial charge is 0.269 e. The van der Waals surface area contributed by atoms with Gasteiger partial charge >= 0.3 is 0 Å². The molecule has 0 aliphatic heterocycles. The fourth-order valence-corrected chi connectivity index (χ4v) is 1.09. The van der Waals surface area contributed by atoms with Crippen LogP contribution < -0.4 is 5.32 Å². The highest BCUT2D eigenvalue weighted by molar-refractivity contribution is 5.92. The average Bonchev–Trinajstić information content (AvgIpc) is 2.29. The first-order valence-electron chi connectivity index (χ1n) is 4.92. The van der Waals surface area contributed by atoms with E-state index in [1.54, 1.807) is 6.07 Å². The summed E-state index contributed by atoms with van der Waals surface area (Å²) in [6, 6.07) is 5.03. The predicted molar refractivity (Wildman–Crippen MR) is 56.2 cm³/mol. The monoisotopic (exact) mass is 203 g/mol. The molecule has 0 unspecified atom stereocenters. The maximum atomic E-state index is 11.5. The standard InChI is InChI=1S/C11H13N3O/c1-2-3-5-14-11(15)10-7-9(8-12)4-6-13-10/h4,6-7H,2-3,5H2,1H3,(H,14,15). The summed E-state index contributed by atoms with van der Waals surface area (Å²) in [5.41, 5.74) is 0.746. The van der Waals surface area contributed by atoms with E-state index >= 15 is 0 Å². The maximum absolute atomic E-state index is 11.5. The number of unbranched alkanes of at least 4 members (excludes halogenated alkanes) is 1. The van der Waals surface area contributed by atoms with Crippen molar-refractivity contribution in [3.63, 3.8) is 0 Å². The Morgan fingerprint density at radius 3 is 3.13 bits per heavy atom. The predicted octanol–water partition coefficient (Wildman–Crippen LogP) is 1.48. The molecule has 78 valence electrons. The zero-order valence-electron chi connectivity index (χ0n) is 8.66. The molecule has 0 saturated heterocycles. The fourth-order valence-electron chi connectivity index (χ4n) is 1.09. The number of hydrogen-bond acceptors (Lipinski definition) is 3. The van der Waals surface area contributed by atoms with Gasteiger partial charge in [-0.25, -0.2) is 0 Å². The molecule has 1 amide bonds. The van der Waals surface area contributed by atoms with Crippen molar-refractivity contribution in [2.45, 2.75) is 19.8 Å². The van der Waals surface area contributed by atoms with Crippen LogP contribution in [0, 0.1) is 11.3 Å². The van der Waals surface area contributed by atoms with Crippen LogP contribution in [-0.4, -0.2) is 17.4 Å². The molecule has 0 aromatic carbocycles. The first-order valence-corrected chi connectivity index (χ1v) is 4.92. The molecule has 0 fully saturated rings. The van der Waals surface area contributed by atoms with Crippen LogP contribution in [0.3, 0.4) is 0 Å². The largest absolute Gasteiger partial charge is 0.351 e. The van der Waals surface area contributed by atoms with Crippen LogP contribution in [-0.2, 0) is 0 Å². The van der Waals surface area contributed by atoms with Gasteiger partial charge in [-0.15, -0.1) is 0 Å². The van der Waals surface area contributed by atoms with Crippen LogP contribution in [0.2, 0.25) is 0 Å². The van der Waals surface area contributed by atoms with Crippen LogP contribution in [0.5, 0.6) is 0 Å². The van der Waals surface area contributed by atoms with Crippen molar-refractivity contribution >= 4 is 5.91 Å². The Hall–Kier alpha value is -1.89. The molecule has 0 spiro atoms. The van der Waals surface area contributed by atoms with Gasteiger partial charge in [0.05, 0.1) is 11.6 Å². The molecule has 4 nitrogen and oxygen atoms in total. The SMILES string of the molecule is CCCCNC(=O)c1cc(C#N)ccn1. The molecule has 0 bridgehead atoms. The number of rotatable bonds is 4. The molecule has 1 N–H and O–H groups in total. The first kappa shape index (κ1) is 11.2.